The second-order valence-electron chi connectivity index (χ2n) is 4.45. The Labute approximate surface area is 146 Å². The molecule has 112 valence electrons. The van der Waals surface area contributed by atoms with E-state index in [1.807, 2.05) is 36.4 Å². The first-order valence-corrected chi connectivity index (χ1v) is 8.26. The number of nitrogens with two attached hydrogens (primary N) is 1. The van der Waals surface area contributed by atoms with Gasteiger partial charge in [0.1, 0.15) is 5.75 Å². The predicted octanol–water partition coefficient (Wildman–Crippen LogP) is 4.99. The van der Waals surface area contributed by atoms with Gasteiger partial charge in [0.15, 0.2) is 0 Å². The molecule has 2 aromatic carbocycles. The molecule has 2 aromatic rings. The number of halogens is 3. The molecule has 21 heavy (non-hydrogen) atoms. The summed E-state index contributed by atoms with van der Waals surface area (Å²) < 4.78 is 7.12. The smallest absolute Gasteiger partial charge is 0.119 e. The van der Waals surface area contributed by atoms with Crippen molar-refractivity contribution in [2.24, 2.45) is 5.73 Å². The summed E-state index contributed by atoms with van der Waals surface area (Å²) >= 11 is 13.1. The Morgan fingerprint density at radius 1 is 1.19 bits per heavy atom. The third kappa shape index (κ3) is 4.13. The van der Waals surface area contributed by atoms with E-state index in [9.17, 15) is 0 Å². The summed E-state index contributed by atoms with van der Waals surface area (Å²) in [5, 5.41) is 4.04. The molecule has 3 nitrogen and oxygen atoms in total. The third-order valence-electron chi connectivity index (χ3n) is 3.07. The van der Waals surface area contributed by atoms with E-state index in [-0.39, 0.29) is 6.04 Å². The maximum absolute atomic E-state index is 6.12. The topological polar surface area (TPSA) is 47.3 Å². The number of benzene rings is 2. The Morgan fingerprint density at radius 2 is 1.90 bits per heavy atom. The molecule has 0 aromatic heterocycles. The molecule has 0 aliphatic heterocycles. The van der Waals surface area contributed by atoms with Crippen LogP contribution < -0.4 is 15.8 Å². The van der Waals surface area contributed by atoms with Gasteiger partial charge in [-0.05, 0) is 57.9 Å². The third-order valence-corrected chi connectivity index (χ3v) is 5.03. The van der Waals surface area contributed by atoms with Gasteiger partial charge in [-0.2, -0.15) is 0 Å². The Morgan fingerprint density at radius 3 is 2.52 bits per heavy atom. The van der Waals surface area contributed by atoms with E-state index in [2.05, 4.69) is 37.2 Å². The van der Waals surface area contributed by atoms with E-state index in [1.165, 1.54) is 0 Å². The summed E-state index contributed by atoms with van der Waals surface area (Å²) in [6.45, 7) is 0.444. The summed E-state index contributed by atoms with van der Waals surface area (Å²) in [5.74, 6) is 0.794. The lowest BCUT2D eigenvalue weighted by molar-refractivity contribution is 0.414. The average molecular weight is 435 g/mol. The number of rotatable bonds is 5. The highest BCUT2D eigenvalue weighted by atomic mass is 79.9. The van der Waals surface area contributed by atoms with Crippen LogP contribution in [0.15, 0.2) is 45.3 Å². The monoisotopic (exact) mass is 432 g/mol. The number of ether oxygens (including phenoxy) is 1. The van der Waals surface area contributed by atoms with Crippen molar-refractivity contribution in [3.8, 4) is 5.75 Å². The van der Waals surface area contributed by atoms with Crippen molar-refractivity contribution in [3.63, 3.8) is 0 Å². The van der Waals surface area contributed by atoms with Crippen molar-refractivity contribution < 1.29 is 4.74 Å². The van der Waals surface area contributed by atoms with Gasteiger partial charge >= 0.3 is 0 Å². The van der Waals surface area contributed by atoms with Crippen LogP contribution in [-0.2, 0) is 0 Å². The Kier molecular flexibility index (Phi) is 5.93. The zero-order valence-electron chi connectivity index (χ0n) is 11.4. The highest BCUT2D eigenvalue weighted by Crippen LogP contribution is 2.31. The molecule has 0 aliphatic carbocycles. The van der Waals surface area contributed by atoms with Crippen LogP contribution >= 0.6 is 43.5 Å². The predicted molar refractivity (Wildman–Crippen MR) is 95.3 cm³/mol. The first-order valence-electron chi connectivity index (χ1n) is 6.30. The zero-order valence-corrected chi connectivity index (χ0v) is 15.3. The Bertz CT molecular complexity index is 637. The van der Waals surface area contributed by atoms with Crippen molar-refractivity contribution in [2.45, 2.75) is 6.04 Å². The molecular formula is C15H15Br2ClN2O. The summed E-state index contributed by atoms with van der Waals surface area (Å²) in [5.41, 5.74) is 7.86. The van der Waals surface area contributed by atoms with Crippen LogP contribution in [0.3, 0.4) is 0 Å². The van der Waals surface area contributed by atoms with Gasteiger partial charge in [-0.3, -0.25) is 0 Å². The van der Waals surface area contributed by atoms with Crippen LogP contribution in [-0.4, -0.2) is 13.7 Å². The summed E-state index contributed by atoms with van der Waals surface area (Å²) in [6.07, 6.45) is 0. The minimum Gasteiger partial charge on any atom is -0.497 e. The van der Waals surface area contributed by atoms with E-state index in [0.29, 0.717) is 11.6 Å². The lowest BCUT2D eigenvalue weighted by Gasteiger charge is -2.21. The number of hydrogen-bond donors (Lipinski definition) is 2. The van der Waals surface area contributed by atoms with Crippen molar-refractivity contribution in [2.75, 3.05) is 19.0 Å². The molecule has 1 unspecified atom stereocenters. The van der Waals surface area contributed by atoms with Gasteiger partial charge in [0.25, 0.3) is 0 Å². The standard InChI is InChI=1S/C15H15Br2ClN2O/c1-21-10-3-5-12(16)11(7-10)15(8-19)20-9-2-4-13(17)14(18)6-9/h2-7,15,20H,8,19H2,1H3. The fraction of sp³-hybridized carbons (Fsp3) is 0.200. The van der Waals surface area contributed by atoms with Gasteiger partial charge in [-0.15, -0.1) is 0 Å². The summed E-state index contributed by atoms with van der Waals surface area (Å²) in [4.78, 5) is 0. The summed E-state index contributed by atoms with van der Waals surface area (Å²) in [7, 11) is 1.65. The molecular weight excluding hydrogens is 419 g/mol. The van der Waals surface area contributed by atoms with E-state index in [4.69, 9.17) is 22.1 Å². The van der Waals surface area contributed by atoms with Crippen LogP contribution in [0.1, 0.15) is 11.6 Å². The quantitative estimate of drug-likeness (QED) is 0.697. The molecule has 1 atom stereocenters. The van der Waals surface area contributed by atoms with Crippen LogP contribution in [0.4, 0.5) is 5.69 Å². The molecule has 2 rings (SSSR count). The average Bonchev–Trinajstić information content (AvgIpc) is 2.49. The first kappa shape index (κ1) is 16.6. The lowest BCUT2D eigenvalue weighted by Crippen LogP contribution is -2.21. The Balaban J connectivity index is 2.29. The highest BCUT2D eigenvalue weighted by molar-refractivity contribution is 9.10. The normalized spacial score (nSPS) is 12.0. The van der Waals surface area contributed by atoms with Gasteiger partial charge < -0.3 is 15.8 Å². The molecule has 0 amide bonds. The van der Waals surface area contributed by atoms with Gasteiger partial charge in [0.05, 0.1) is 18.2 Å². The molecule has 6 heteroatoms. The van der Waals surface area contributed by atoms with E-state index < -0.39 is 0 Å². The van der Waals surface area contributed by atoms with E-state index >= 15 is 0 Å². The van der Waals surface area contributed by atoms with E-state index in [1.54, 1.807) is 7.11 Å². The first-order chi connectivity index (χ1) is 10.0. The SMILES string of the molecule is COc1ccc(Br)c(C(CN)Nc2ccc(Br)c(Cl)c2)c1. The molecule has 3 N–H and O–H groups in total. The second-order valence-corrected chi connectivity index (χ2v) is 6.56. The van der Waals surface area contributed by atoms with Crippen LogP contribution in [0.2, 0.25) is 5.02 Å². The number of methoxy groups -OCH3 is 1. The van der Waals surface area contributed by atoms with Gasteiger partial charge in [-0.25, -0.2) is 0 Å². The molecule has 0 spiro atoms. The minimum atomic E-state index is -0.0493. The molecule has 0 saturated heterocycles. The van der Waals surface area contributed by atoms with Crippen molar-refractivity contribution in [1.82, 2.24) is 0 Å². The van der Waals surface area contributed by atoms with E-state index in [0.717, 1.165) is 25.9 Å². The number of nitrogens with one attached hydrogen (secondary N) is 1. The largest absolute Gasteiger partial charge is 0.497 e. The molecule has 0 heterocycles. The minimum absolute atomic E-state index is 0.0493. The molecule has 0 fully saturated rings. The van der Waals surface area contributed by atoms with Gasteiger partial charge in [0.2, 0.25) is 0 Å². The molecule has 0 radical (unpaired) electrons. The van der Waals surface area contributed by atoms with Crippen molar-refractivity contribution >= 4 is 49.1 Å². The molecule has 0 saturated carbocycles. The molecule has 0 aliphatic rings. The van der Waals surface area contributed by atoms with Gasteiger partial charge in [-0.1, -0.05) is 27.5 Å². The van der Waals surface area contributed by atoms with Crippen molar-refractivity contribution in [3.05, 3.63) is 55.9 Å². The Hall–Kier alpha value is -0.750. The fourth-order valence-electron chi connectivity index (χ4n) is 1.97. The number of hydrogen-bond acceptors (Lipinski definition) is 3. The maximum atomic E-state index is 6.12. The van der Waals surface area contributed by atoms with Crippen LogP contribution in [0, 0.1) is 0 Å². The van der Waals surface area contributed by atoms with Crippen LogP contribution in [0.5, 0.6) is 5.75 Å². The number of anilines is 1. The molecule has 0 bridgehead atoms. The fourth-order valence-corrected chi connectivity index (χ4v) is 2.92. The zero-order chi connectivity index (χ0) is 15.4. The summed E-state index contributed by atoms with van der Waals surface area (Å²) in [6, 6.07) is 11.5. The van der Waals surface area contributed by atoms with Gasteiger partial charge in [0, 0.05) is 21.2 Å². The second kappa shape index (κ2) is 7.49. The van der Waals surface area contributed by atoms with Crippen molar-refractivity contribution in [1.29, 1.82) is 0 Å². The lowest BCUT2D eigenvalue weighted by atomic mass is 10.1. The maximum Gasteiger partial charge on any atom is 0.119 e. The van der Waals surface area contributed by atoms with Crippen LogP contribution in [0.25, 0.3) is 0 Å². The highest BCUT2D eigenvalue weighted by Gasteiger charge is 2.14.